The standard InChI is InChI=1S/C17H13BrFN3O/c1-10-2-4-11(5-3-10)15-9-16(22-21-15)17(23)20-14-7-6-12(19)8-13(14)18/h2-9H,1H3,(H,20,23)(H,21,22). The van der Waals surface area contributed by atoms with Crippen molar-refractivity contribution in [2.45, 2.75) is 6.92 Å². The van der Waals surface area contributed by atoms with Gasteiger partial charge in [-0.1, -0.05) is 29.8 Å². The van der Waals surface area contributed by atoms with Crippen molar-refractivity contribution in [3.05, 3.63) is 70.1 Å². The average molecular weight is 374 g/mol. The Morgan fingerprint density at radius 3 is 2.61 bits per heavy atom. The number of benzene rings is 2. The number of hydrogen-bond acceptors (Lipinski definition) is 2. The Morgan fingerprint density at radius 2 is 1.91 bits per heavy atom. The molecule has 0 saturated carbocycles. The zero-order valence-corrected chi connectivity index (χ0v) is 13.8. The summed E-state index contributed by atoms with van der Waals surface area (Å²) in [5, 5.41) is 9.58. The molecule has 0 unspecified atom stereocenters. The molecule has 1 amide bonds. The summed E-state index contributed by atoms with van der Waals surface area (Å²) in [7, 11) is 0. The third kappa shape index (κ3) is 3.48. The molecule has 3 aromatic rings. The molecule has 116 valence electrons. The minimum atomic E-state index is -0.377. The smallest absolute Gasteiger partial charge is 0.273 e. The first-order valence-electron chi connectivity index (χ1n) is 6.92. The van der Waals surface area contributed by atoms with Gasteiger partial charge in [-0.25, -0.2) is 4.39 Å². The van der Waals surface area contributed by atoms with Gasteiger partial charge in [0.05, 0.1) is 11.4 Å². The number of aromatic amines is 1. The first-order valence-corrected chi connectivity index (χ1v) is 7.71. The van der Waals surface area contributed by atoms with Crippen LogP contribution in [0, 0.1) is 12.7 Å². The molecule has 0 aliphatic carbocycles. The molecule has 1 aromatic heterocycles. The van der Waals surface area contributed by atoms with E-state index in [1.165, 1.54) is 18.2 Å². The molecular weight excluding hydrogens is 361 g/mol. The van der Waals surface area contributed by atoms with Crippen molar-refractivity contribution in [2.24, 2.45) is 0 Å². The van der Waals surface area contributed by atoms with Crippen LogP contribution in [0.5, 0.6) is 0 Å². The van der Waals surface area contributed by atoms with Crippen molar-refractivity contribution < 1.29 is 9.18 Å². The third-order valence-electron chi connectivity index (χ3n) is 3.35. The minimum absolute atomic E-state index is 0.330. The number of amides is 1. The first kappa shape index (κ1) is 15.4. The van der Waals surface area contributed by atoms with Gasteiger partial charge in [0.15, 0.2) is 0 Å². The van der Waals surface area contributed by atoms with Gasteiger partial charge in [-0.2, -0.15) is 5.10 Å². The number of nitrogens with one attached hydrogen (secondary N) is 2. The van der Waals surface area contributed by atoms with Crippen LogP contribution >= 0.6 is 15.9 Å². The second-order valence-corrected chi connectivity index (χ2v) is 5.97. The fourth-order valence-electron chi connectivity index (χ4n) is 2.09. The maximum absolute atomic E-state index is 13.1. The highest BCUT2D eigenvalue weighted by Gasteiger charge is 2.13. The zero-order chi connectivity index (χ0) is 16.4. The molecular formula is C17H13BrFN3O. The lowest BCUT2D eigenvalue weighted by molar-refractivity contribution is 0.102. The van der Waals surface area contributed by atoms with E-state index < -0.39 is 0 Å². The summed E-state index contributed by atoms with van der Waals surface area (Å²) in [5.74, 6) is -0.721. The number of nitrogens with zero attached hydrogens (tertiary/aromatic N) is 1. The third-order valence-corrected chi connectivity index (χ3v) is 4.01. The molecule has 0 aliphatic heterocycles. The number of halogens is 2. The van der Waals surface area contributed by atoms with E-state index >= 15 is 0 Å². The van der Waals surface area contributed by atoms with Crippen LogP contribution in [0.2, 0.25) is 0 Å². The molecule has 0 aliphatic rings. The fraction of sp³-hybridized carbons (Fsp3) is 0.0588. The van der Waals surface area contributed by atoms with Crippen LogP contribution in [-0.2, 0) is 0 Å². The van der Waals surface area contributed by atoms with E-state index in [0.717, 1.165) is 11.1 Å². The lowest BCUT2D eigenvalue weighted by Gasteiger charge is -2.05. The maximum atomic E-state index is 13.1. The largest absolute Gasteiger partial charge is 0.320 e. The molecule has 4 nitrogen and oxygen atoms in total. The Morgan fingerprint density at radius 1 is 1.17 bits per heavy atom. The van der Waals surface area contributed by atoms with Gasteiger partial charge in [-0.3, -0.25) is 9.89 Å². The number of rotatable bonds is 3. The summed E-state index contributed by atoms with van der Waals surface area (Å²) >= 11 is 3.22. The van der Waals surface area contributed by atoms with Crippen LogP contribution in [-0.4, -0.2) is 16.1 Å². The van der Waals surface area contributed by atoms with E-state index in [0.29, 0.717) is 21.5 Å². The molecule has 0 spiro atoms. The van der Waals surface area contributed by atoms with Gasteiger partial charge in [0.1, 0.15) is 11.5 Å². The summed E-state index contributed by atoms with van der Waals surface area (Å²) in [5.41, 5.74) is 3.59. The highest BCUT2D eigenvalue weighted by Crippen LogP contribution is 2.24. The van der Waals surface area contributed by atoms with Crippen LogP contribution in [0.15, 0.2) is 53.0 Å². The van der Waals surface area contributed by atoms with Crippen molar-refractivity contribution in [1.29, 1.82) is 0 Å². The van der Waals surface area contributed by atoms with Crippen molar-refractivity contribution >= 4 is 27.5 Å². The van der Waals surface area contributed by atoms with Crippen LogP contribution in [0.3, 0.4) is 0 Å². The van der Waals surface area contributed by atoms with Gasteiger partial charge in [-0.05, 0) is 47.1 Å². The first-order chi connectivity index (χ1) is 11.0. The Bertz CT molecular complexity index is 859. The Balaban J connectivity index is 1.79. The number of carbonyl (C=O) groups excluding carboxylic acids is 1. The van der Waals surface area contributed by atoms with Gasteiger partial charge >= 0.3 is 0 Å². The molecule has 0 fully saturated rings. The van der Waals surface area contributed by atoms with Crippen molar-refractivity contribution in [3.8, 4) is 11.3 Å². The Labute approximate surface area is 140 Å². The molecule has 0 bridgehead atoms. The lowest BCUT2D eigenvalue weighted by Crippen LogP contribution is -2.12. The summed E-state index contributed by atoms with van der Waals surface area (Å²) in [6.45, 7) is 2.01. The number of anilines is 1. The molecule has 1 heterocycles. The highest BCUT2D eigenvalue weighted by molar-refractivity contribution is 9.10. The second-order valence-electron chi connectivity index (χ2n) is 5.11. The summed E-state index contributed by atoms with van der Waals surface area (Å²) < 4.78 is 13.5. The molecule has 2 N–H and O–H groups in total. The normalized spacial score (nSPS) is 10.6. The van der Waals surface area contributed by atoms with Gasteiger partial charge in [0.25, 0.3) is 5.91 Å². The quantitative estimate of drug-likeness (QED) is 0.707. The average Bonchev–Trinajstić information content (AvgIpc) is 3.01. The molecule has 2 aromatic carbocycles. The minimum Gasteiger partial charge on any atom is -0.320 e. The molecule has 23 heavy (non-hydrogen) atoms. The van der Waals surface area contributed by atoms with Crippen molar-refractivity contribution in [1.82, 2.24) is 10.2 Å². The molecule has 3 rings (SSSR count). The number of H-pyrrole nitrogens is 1. The van der Waals surface area contributed by atoms with E-state index in [-0.39, 0.29) is 11.7 Å². The SMILES string of the molecule is Cc1ccc(-c2cc(C(=O)Nc3ccc(F)cc3Br)[nH]n2)cc1. The van der Waals surface area contributed by atoms with Gasteiger partial charge < -0.3 is 5.32 Å². The van der Waals surface area contributed by atoms with Gasteiger partial charge in [-0.15, -0.1) is 0 Å². The predicted molar refractivity (Wildman–Crippen MR) is 90.8 cm³/mol. The second kappa shape index (κ2) is 6.34. The number of aryl methyl sites for hydroxylation is 1. The van der Waals surface area contributed by atoms with E-state index in [1.807, 2.05) is 31.2 Å². The Hall–Kier alpha value is -2.47. The van der Waals surface area contributed by atoms with Crippen LogP contribution < -0.4 is 5.32 Å². The van der Waals surface area contributed by atoms with Crippen LogP contribution in [0.4, 0.5) is 10.1 Å². The number of aromatic nitrogens is 2. The number of carbonyl (C=O) groups is 1. The van der Waals surface area contributed by atoms with E-state index in [4.69, 9.17) is 0 Å². The van der Waals surface area contributed by atoms with Crippen molar-refractivity contribution in [3.63, 3.8) is 0 Å². The van der Waals surface area contributed by atoms with Crippen LogP contribution in [0.1, 0.15) is 16.1 Å². The maximum Gasteiger partial charge on any atom is 0.273 e. The fourth-order valence-corrected chi connectivity index (χ4v) is 2.54. The summed E-state index contributed by atoms with van der Waals surface area (Å²) in [6.07, 6.45) is 0. The molecule has 0 saturated heterocycles. The van der Waals surface area contributed by atoms with Crippen molar-refractivity contribution in [2.75, 3.05) is 5.32 Å². The lowest BCUT2D eigenvalue weighted by atomic mass is 10.1. The summed E-state index contributed by atoms with van der Waals surface area (Å²) in [6, 6.07) is 13.6. The van der Waals surface area contributed by atoms with Gasteiger partial charge in [0, 0.05) is 10.0 Å². The van der Waals surface area contributed by atoms with E-state index in [9.17, 15) is 9.18 Å². The Kier molecular flexibility index (Phi) is 4.25. The van der Waals surface area contributed by atoms with Crippen LogP contribution in [0.25, 0.3) is 11.3 Å². The topological polar surface area (TPSA) is 57.8 Å². The predicted octanol–water partition coefficient (Wildman–Crippen LogP) is 4.54. The molecule has 0 atom stereocenters. The zero-order valence-electron chi connectivity index (χ0n) is 12.2. The van der Waals surface area contributed by atoms with E-state index in [2.05, 4.69) is 31.4 Å². The van der Waals surface area contributed by atoms with E-state index in [1.54, 1.807) is 6.07 Å². The number of hydrogen-bond donors (Lipinski definition) is 2. The molecule has 0 radical (unpaired) electrons. The highest BCUT2D eigenvalue weighted by atomic mass is 79.9. The molecule has 6 heteroatoms. The van der Waals surface area contributed by atoms with Gasteiger partial charge in [0.2, 0.25) is 0 Å². The monoisotopic (exact) mass is 373 g/mol. The summed E-state index contributed by atoms with van der Waals surface area (Å²) in [4.78, 5) is 12.3.